The van der Waals surface area contributed by atoms with Crippen molar-refractivity contribution in [2.24, 2.45) is 5.73 Å². The highest BCUT2D eigenvalue weighted by Crippen LogP contribution is 2.33. The topological polar surface area (TPSA) is 104 Å². The molecule has 150 valence electrons. The summed E-state index contributed by atoms with van der Waals surface area (Å²) in [6.45, 7) is 2.71. The Morgan fingerprint density at radius 1 is 1.31 bits per heavy atom. The number of fused-ring (bicyclic) bond motifs is 1. The van der Waals surface area contributed by atoms with Gasteiger partial charge in [0.15, 0.2) is 0 Å². The number of aromatic nitrogens is 2. The van der Waals surface area contributed by atoms with Crippen molar-refractivity contribution in [2.45, 2.75) is 30.7 Å². The minimum absolute atomic E-state index is 0.0897. The summed E-state index contributed by atoms with van der Waals surface area (Å²) in [5.41, 5.74) is 8.99. The van der Waals surface area contributed by atoms with E-state index in [0.717, 1.165) is 34.6 Å². The Morgan fingerprint density at radius 2 is 2.14 bits per heavy atom. The van der Waals surface area contributed by atoms with Crippen molar-refractivity contribution >= 4 is 40.4 Å². The predicted molar refractivity (Wildman–Crippen MR) is 115 cm³/mol. The number of primary amides is 1. The van der Waals surface area contributed by atoms with E-state index in [4.69, 9.17) is 10.7 Å². The fourth-order valence-electron chi connectivity index (χ4n) is 3.63. The molecule has 3 aromatic rings. The number of urea groups is 1. The van der Waals surface area contributed by atoms with Crippen LogP contribution in [0.3, 0.4) is 0 Å². The summed E-state index contributed by atoms with van der Waals surface area (Å²) < 4.78 is 0. The minimum atomic E-state index is -0.393. The van der Waals surface area contributed by atoms with E-state index in [1.165, 1.54) is 17.3 Å². The van der Waals surface area contributed by atoms with Gasteiger partial charge >= 0.3 is 6.03 Å². The van der Waals surface area contributed by atoms with Crippen LogP contribution in [0.2, 0.25) is 0 Å². The molecule has 8 heteroatoms. The smallest absolute Gasteiger partial charge is 0.322 e. The monoisotopic (exact) mass is 409 g/mol. The zero-order valence-corrected chi connectivity index (χ0v) is 17.0. The van der Waals surface area contributed by atoms with Gasteiger partial charge < -0.3 is 20.9 Å². The van der Waals surface area contributed by atoms with E-state index in [1.54, 1.807) is 0 Å². The molecule has 1 aliphatic rings. The normalized spacial score (nSPS) is 16.3. The molecule has 1 saturated heterocycles. The van der Waals surface area contributed by atoms with Crippen molar-refractivity contribution in [3.8, 4) is 0 Å². The summed E-state index contributed by atoms with van der Waals surface area (Å²) in [6.07, 6.45) is 1.79. The van der Waals surface area contributed by atoms with Gasteiger partial charge in [-0.3, -0.25) is 4.79 Å². The number of amides is 3. The molecular weight excluding hydrogens is 386 g/mol. The minimum Gasteiger partial charge on any atom is -0.369 e. The van der Waals surface area contributed by atoms with Gasteiger partial charge in [0, 0.05) is 11.4 Å². The SMILES string of the molecule is Cc1ccc2nc(C3CCCN3C(=O)Nc3ccccc3SCC(N)=O)[nH]c2c1. The van der Waals surface area contributed by atoms with Gasteiger partial charge in [-0.1, -0.05) is 18.2 Å². The molecule has 1 aromatic heterocycles. The molecule has 0 saturated carbocycles. The van der Waals surface area contributed by atoms with E-state index >= 15 is 0 Å². The number of hydrogen-bond acceptors (Lipinski definition) is 4. The molecule has 1 unspecified atom stereocenters. The maximum Gasteiger partial charge on any atom is 0.322 e. The van der Waals surface area contributed by atoms with Crippen molar-refractivity contribution in [1.29, 1.82) is 0 Å². The average Bonchev–Trinajstić information content (AvgIpc) is 3.33. The second kappa shape index (κ2) is 8.16. The van der Waals surface area contributed by atoms with Gasteiger partial charge in [-0.05, 0) is 49.6 Å². The Balaban J connectivity index is 1.53. The van der Waals surface area contributed by atoms with Crippen LogP contribution in [0.4, 0.5) is 10.5 Å². The number of aromatic amines is 1. The molecule has 4 N–H and O–H groups in total. The highest BCUT2D eigenvalue weighted by atomic mass is 32.2. The fourth-order valence-corrected chi connectivity index (χ4v) is 4.37. The first-order chi connectivity index (χ1) is 14.0. The van der Waals surface area contributed by atoms with Gasteiger partial charge in [0.2, 0.25) is 5.91 Å². The van der Waals surface area contributed by atoms with Crippen LogP contribution in [0.15, 0.2) is 47.4 Å². The van der Waals surface area contributed by atoms with Gasteiger partial charge in [0.05, 0.1) is 28.5 Å². The summed E-state index contributed by atoms with van der Waals surface area (Å²) in [4.78, 5) is 34.9. The van der Waals surface area contributed by atoms with E-state index in [2.05, 4.69) is 16.4 Å². The van der Waals surface area contributed by atoms with Crippen molar-refractivity contribution in [3.05, 3.63) is 53.9 Å². The number of benzene rings is 2. The van der Waals surface area contributed by atoms with Crippen LogP contribution in [-0.4, -0.2) is 39.1 Å². The lowest BCUT2D eigenvalue weighted by Crippen LogP contribution is -2.35. The summed E-state index contributed by atoms with van der Waals surface area (Å²) in [7, 11) is 0. The molecule has 1 fully saturated rings. The Hall–Kier alpha value is -3.00. The number of hydrogen-bond donors (Lipinski definition) is 3. The summed E-state index contributed by atoms with van der Waals surface area (Å²) in [5.74, 6) is 0.586. The first-order valence-corrected chi connectivity index (χ1v) is 10.5. The highest BCUT2D eigenvalue weighted by molar-refractivity contribution is 8.00. The Morgan fingerprint density at radius 3 is 2.97 bits per heavy atom. The van der Waals surface area contributed by atoms with Crippen LogP contribution in [-0.2, 0) is 4.79 Å². The second-order valence-electron chi connectivity index (χ2n) is 7.18. The third-order valence-electron chi connectivity index (χ3n) is 4.98. The van der Waals surface area contributed by atoms with E-state index in [0.29, 0.717) is 12.2 Å². The van der Waals surface area contributed by atoms with Gasteiger partial charge in [0.1, 0.15) is 5.82 Å². The number of carbonyl (C=O) groups is 2. The fraction of sp³-hybridized carbons (Fsp3) is 0.286. The van der Waals surface area contributed by atoms with Crippen LogP contribution in [0, 0.1) is 6.92 Å². The molecule has 0 bridgehead atoms. The Kier molecular flexibility index (Phi) is 5.44. The van der Waals surface area contributed by atoms with E-state index in [1.807, 2.05) is 48.2 Å². The van der Waals surface area contributed by atoms with Crippen molar-refractivity contribution < 1.29 is 9.59 Å². The average molecular weight is 410 g/mol. The number of imidazole rings is 1. The molecular formula is C21H23N5O2S. The molecule has 0 aliphatic carbocycles. The lowest BCUT2D eigenvalue weighted by molar-refractivity contribution is -0.115. The number of thioether (sulfide) groups is 1. The number of anilines is 1. The van der Waals surface area contributed by atoms with E-state index < -0.39 is 5.91 Å². The standard InChI is InChI=1S/C21H23N5O2S/c1-13-8-9-14-16(11-13)24-20(23-14)17-6-4-10-26(17)21(28)25-15-5-2-3-7-18(15)29-12-19(22)27/h2-3,5,7-9,11,17H,4,6,10,12H2,1H3,(H2,22,27)(H,23,24)(H,25,28). The predicted octanol–water partition coefficient (Wildman–Crippen LogP) is 3.82. The summed E-state index contributed by atoms with van der Waals surface area (Å²) >= 11 is 1.31. The quantitative estimate of drug-likeness (QED) is 0.557. The van der Waals surface area contributed by atoms with Crippen LogP contribution in [0.1, 0.15) is 30.3 Å². The lowest BCUT2D eigenvalue weighted by atomic mass is 10.2. The van der Waals surface area contributed by atoms with Gasteiger partial charge in [-0.15, -0.1) is 11.8 Å². The molecule has 1 aliphatic heterocycles. The Bertz CT molecular complexity index is 1060. The zero-order chi connectivity index (χ0) is 20.4. The molecule has 1 atom stereocenters. The molecule has 29 heavy (non-hydrogen) atoms. The zero-order valence-electron chi connectivity index (χ0n) is 16.1. The molecule has 2 heterocycles. The first kappa shape index (κ1) is 19.3. The van der Waals surface area contributed by atoms with Crippen molar-refractivity contribution in [3.63, 3.8) is 0 Å². The maximum absolute atomic E-state index is 13.0. The number of nitrogens with one attached hydrogen (secondary N) is 2. The van der Waals surface area contributed by atoms with E-state index in [9.17, 15) is 9.59 Å². The number of likely N-dealkylation sites (tertiary alicyclic amines) is 1. The largest absolute Gasteiger partial charge is 0.369 e. The van der Waals surface area contributed by atoms with Crippen molar-refractivity contribution in [1.82, 2.24) is 14.9 Å². The number of H-pyrrole nitrogens is 1. The van der Waals surface area contributed by atoms with Crippen molar-refractivity contribution in [2.75, 3.05) is 17.6 Å². The van der Waals surface area contributed by atoms with E-state index in [-0.39, 0.29) is 17.8 Å². The molecule has 4 rings (SSSR count). The van der Waals surface area contributed by atoms with Gasteiger partial charge in [-0.2, -0.15) is 0 Å². The third kappa shape index (κ3) is 4.22. The maximum atomic E-state index is 13.0. The number of carbonyl (C=O) groups excluding carboxylic acids is 2. The summed E-state index contributed by atoms with van der Waals surface area (Å²) in [5, 5.41) is 2.99. The lowest BCUT2D eigenvalue weighted by Gasteiger charge is -2.24. The van der Waals surface area contributed by atoms with Crippen LogP contribution in [0.25, 0.3) is 11.0 Å². The van der Waals surface area contributed by atoms with Gasteiger partial charge in [0.25, 0.3) is 0 Å². The highest BCUT2D eigenvalue weighted by Gasteiger charge is 2.32. The number of para-hydroxylation sites is 1. The van der Waals surface area contributed by atoms with Gasteiger partial charge in [-0.25, -0.2) is 9.78 Å². The first-order valence-electron chi connectivity index (χ1n) is 9.55. The second-order valence-corrected chi connectivity index (χ2v) is 8.19. The van der Waals surface area contributed by atoms with Crippen LogP contribution >= 0.6 is 11.8 Å². The molecule has 0 spiro atoms. The number of nitrogens with two attached hydrogens (primary N) is 1. The van der Waals surface area contributed by atoms with Crippen LogP contribution in [0.5, 0.6) is 0 Å². The molecule has 0 radical (unpaired) electrons. The van der Waals surface area contributed by atoms with Crippen LogP contribution < -0.4 is 11.1 Å². The molecule has 3 amide bonds. The number of rotatable bonds is 5. The Labute approximate surface area is 173 Å². The third-order valence-corrected chi connectivity index (χ3v) is 6.08. The number of aryl methyl sites for hydroxylation is 1. The number of nitrogens with zero attached hydrogens (tertiary/aromatic N) is 2. The molecule has 7 nitrogen and oxygen atoms in total. The molecule has 2 aromatic carbocycles. The summed E-state index contributed by atoms with van der Waals surface area (Å²) in [6, 6.07) is 13.3.